The Bertz CT molecular complexity index is 3050. The number of anilines is 6. The van der Waals surface area contributed by atoms with Crippen LogP contribution < -0.4 is 26.2 Å². The van der Waals surface area contributed by atoms with E-state index in [9.17, 15) is 0 Å². The predicted octanol–water partition coefficient (Wildman–Crippen LogP) is 14.6. The van der Waals surface area contributed by atoms with Gasteiger partial charge in [0.05, 0.1) is 0 Å². The lowest BCUT2D eigenvalue weighted by atomic mass is 9.33. The molecule has 2 aliphatic heterocycles. The van der Waals surface area contributed by atoms with Crippen LogP contribution in [-0.4, -0.2) is 6.71 Å². The van der Waals surface area contributed by atoms with Gasteiger partial charge in [-0.1, -0.05) is 167 Å². The molecule has 0 amide bonds. The number of fused-ring (bicyclic) bond motifs is 6. The molecule has 0 unspecified atom stereocenters. The van der Waals surface area contributed by atoms with Crippen molar-refractivity contribution in [3.05, 3.63) is 173 Å². The molecule has 3 heteroatoms. The molecule has 0 radical (unpaired) electrons. The fraction of sp³-hybridized carbons (Fsp3) is 0.311. The number of nitrogens with zero attached hydrogens (tertiary/aromatic N) is 2. The summed E-state index contributed by atoms with van der Waals surface area (Å²) >= 11 is 0. The van der Waals surface area contributed by atoms with Crippen molar-refractivity contribution in [3.63, 3.8) is 0 Å². The van der Waals surface area contributed by atoms with E-state index >= 15 is 0 Å². The third-order valence-corrected chi connectivity index (χ3v) is 15.7. The molecule has 0 saturated heterocycles. The van der Waals surface area contributed by atoms with Crippen LogP contribution in [0.1, 0.15) is 122 Å². The van der Waals surface area contributed by atoms with Crippen LogP contribution in [0.4, 0.5) is 34.1 Å². The van der Waals surface area contributed by atoms with Crippen molar-refractivity contribution in [1.29, 1.82) is 0 Å². The molecule has 0 fully saturated rings. The Morgan fingerprint density at radius 3 is 1.50 bits per heavy atom. The highest BCUT2D eigenvalue weighted by Gasteiger charge is 2.49. The normalized spacial score (nSPS) is 18.0. The van der Waals surface area contributed by atoms with E-state index < -0.39 is 0 Å². The highest BCUT2D eigenvalue weighted by Crippen LogP contribution is 2.55. The molecule has 0 bridgehead atoms. The second-order valence-electron chi connectivity index (χ2n) is 23.4. The quantitative estimate of drug-likeness (QED) is 0.163. The summed E-state index contributed by atoms with van der Waals surface area (Å²) in [5.41, 5.74) is 25.5. The topological polar surface area (TPSA) is 6.48 Å². The molecule has 2 nitrogen and oxygen atoms in total. The van der Waals surface area contributed by atoms with Crippen molar-refractivity contribution in [3.8, 4) is 22.3 Å². The monoisotopic (exact) mass is 835 g/mol. The van der Waals surface area contributed by atoms with E-state index in [-0.39, 0.29) is 33.8 Å². The average molecular weight is 835 g/mol. The van der Waals surface area contributed by atoms with E-state index in [2.05, 4.69) is 232 Å². The highest BCUT2D eigenvalue weighted by molar-refractivity contribution is 7.00. The van der Waals surface area contributed by atoms with Crippen LogP contribution in [0.5, 0.6) is 0 Å². The van der Waals surface area contributed by atoms with Gasteiger partial charge in [-0.15, -0.1) is 0 Å². The maximum absolute atomic E-state index is 2.69. The lowest BCUT2D eigenvalue weighted by molar-refractivity contribution is 0.403. The molecule has 7 aromatic rings. The molecular formula is C61H63BN2. The second-order valence-corrected chi connectivity index (χ2v) is 23.4. The Morgan fingerprint density at radius 1 is 0.422 bits per heavy atom. The maximum atomic E-state index is 2.69. The first-order chi connectivity index (χ1) is 30.2. The van der Waals surface area contributed by atoms with Crippen molar-refractivity contribution >= 4 is 57.2 Å². The molecule has 0 saturated carbocycles. The highest BCUT2D eigenvalue weighted by atomic mass is 15.2. The lowest BCUT2D eigenvalue weighted by Gasteiger charge is -2.46. The molecule has 64 heavy (non-hydrogen) atoms. The molecule has 7 aromatic carbocycles. The third-order valence-electron chi connectivity index (χ3n) is 15.7. The lowest BCUT2D eigenvalue weighted by Crippen LogP contribution is -2.61. The predicted molar refractivity (Wildman–Crippen MR) is 276 cm³/mol. The second kappa shape index (κ2) is 13.6. The van der Waals surface area contributed by atoms with Gasteiger partial charge in [0.2, 0.25) is 0 Å². The summed E-state index contributed by atoms with van der Waals surface area (Å²) in [7, 11) is 0. The minimum absolute atomic E-state index is 0.0266. The van der Waals surface area contributed by atoms with Gasteiger partial charge in [0.25, 0.3) is 6.71 Å². The van der Waals surface area contributed by atoms with E-state index in [1.165, 1.54) is 106 Å². The van der Waals surface area contributed by atoms with Gasteiger partial charge >= 0.3 is 0 Å². The summed E-state index contributed by atoms with van der Waals surface area (Å²) in [4.78, 5) is 5.32. The molecule has 2 heterocycles. The van der Waals surface area contributed by atoms with Crippen molar-refractivity contribution in [1.82, 2.24) is 0 Å². The summed E-state index contributed by atoms with van der Waals surface area (Å²) in [6.07, 6.45) is 2.26. The van der Waals surface area contributed by atoms with Crippen LogP contribution in [0.15, 0.2) is 140 Å². The Labute approximate surface area is 383 Å². The zero-order valence-electron chi connectivity index (χ0n) is 40.2. The van der Waals surface area contributed by atoms with Gasteiger partial charge in [-0.25, -0.2) is 0 Å². The smallest absolute Gasteiger partial charge is 0.252 e. The Balaban J connectivity index is 1.26. The number of hydrogen-bond acceptors (Lipinski definition) is 2. The largest absolute Gasteiger partial charge is 0.311 e. The molecule has 320 valence electrons. The molecule has 0 atom stereocenters. The zero-order chi connectivity index (χ0) is 44.9. The van der Waals surface area contributed by atoms with Crippen LogP contribution in [-0.2, 0) is 27.1 Å². The van der Waals surface area contributed by atoms with Crippen molar-refractivity contribution in [2.24, 2.45) is 0 Å². The first-order valence-corrected chi connectivity index (χ1v) is 23.7. The summed E-state index contributed by atoms with van der Waals surface area (Å²) in [5, 5.41) is 0. The van der Waals surface area contributed by atoms with Crippen LogP contribution >= 0.6 is 0 Å². The molecular weight excluding hydrogens is 771 g/mol. The van der Waals surface area contributed by atoms with Gasteiger partial charge in [0.1, 0.15) is 0 Å². The summed E-state index contributed by atoms with van der Waals surface area (Å²) in [5.74, 6) is 0. The van der Waals surface area contributed by atoms with Crippen molar-refractivity contribution in [2.45, 2.75) is 123 Å². The van der Waals surface area contributed by atoms with E-state index in [1.807, 2.05) is 0 Å². The van der Waals surface area contributed by atoms with Gasteiger partial charge in [0, 0.05) is 34.1 Å². The Kier molecular flexibility index (Phi) is 8.71. The van der Waals surface area contributed by atoms with Crippen molar-refractivity contribution in [2.75, 3.05) is 9.80 Å². The van der Waals surface area contributed by atoms with E-state index in [1.54, 1.807) is 0 Å². The number of rotatable bonds is 4. The third kappa shape index (κ3) is 6.13. The van der Waals surface area contributed by atoms with Gasteiger partial charge in [-0.05, 0) is 167 Å². The summed E-state index contributed by atoms with van der Waals surface area (Å²) in [6.45, 7) is 29.1. The molecule has 0 aromatic heterocycles. The Morgan fingerprint density at radius 2 is 0.922 bits per heavy atom. The summed E-state index contributed by atoms with van der Waals surface area (Å²) < 4.78 is 0. The zero-order valence-corrected chi connectivity index (χ0v) is 40.2. The number of benzene rings is 7. The fourth-order valence-corrected chi connectivity index (χ4v) is 13.1. The van der Waals surface area contributed by atoms with E-state index in [4.69, 9.17) is 0 Å². The van der Waals surface area contributed by atoms with Crippen molar-refractivity contribution < 1.29 is 0 Å². The van der Waals surface area contributed by atoms with Gasteiger partial charge in [-0.3, -0.25) is 0 Å². The number of hydrogen-bond donors (Lipinski definition) is 0. The molecule has 2 aliphatic carbocycles. The van der Waals surface area contributed by atoms with Crippen LogP contribution in [0.2, 0.25) is 0 Å². The van der Waals surface area contributed by atoms with Crippen LogP contribution in [0.25, 0.3) is 22.3 Å². The Hall–Kier alpha value is -5.80. The standard InChI is InChI=1S/C61H63BN2/c1-38-29-41(39-19-15-13-16-20-39)23-27-51(38)64-52-28-24-42(40-21-17-14-18-22-40)30-49(52)62-50-34-47-48(61(11,12)37-60(47,9)10)35-53(50)63(54-31-43(57(2,3)4)32-55(64)56(54)62)44-25-26-45-46(33-44)59(7,8)36-58(45,5)6/h13-35H,36-37H2,1-12H3. The SMILES string of the molecule is Cc1cc(-c2ccccc2)ccc1N1c2ccc(-c3ccccc3)cc2B2c3cc4c(cc3N(c3ccc5c(c3)C(C)(C)CC5(C)C)c3cc(C(C)(C)C)cc1c32)C(C)(C)CC4(C)C. The van der Waals surface area contributed by atoms with E-state index in [0.717, 1.165) is 12.8 Å². The molecule has 0 N–H and O–H groups in total. The first-order valence-electron chi connectivity index (χ1n) is 23.7. The van der Waals surface area contributed by atoms with Gasteiger partial charge in [0.15, 0.2) is 0 Å². The van der Waals surface area contributed by atoms with Gasteiger partial charge < -0.3 is 9.80 Å². The molecule has 11 rings (SSSR count). The van der Waals surface area contributed by atoms with Crippen LogP contribution in [0.3, 0.4) is 0 Å². The molecule has 4 aliphatic rings. The minimum Gasteiger partial charge on any atom is -0.311 e. The average Bonchev–Trinajstić information content (AvgIpc) is 3.56. The first kappa shape index (κ1) is 40.9. The maximum Gasteiger partial charge on any atom is 0.252 e. The van der Waals surface area contributed by atoms with E-state index in [0.29, 0.717) is 0 Å². The molecule has 0 spiro atoms. The summed E-state index contributed by atoms with van der Waals surface area (Å²) in [6, 6.07) is 54.1. The van der Waals surface area contributed by atoms with Crippen LogP contribution in [0, 0.1) is 6.92 Å². The van der Waals surface area contributed by atoms with Gasteiger partial charge in [-0.2, -0.15) is 0 Å². The minimum atomic E-state index is -0.101. The fourth-order valence-electron chi connectivity index (χ4n) is 13.1. The number of aryl methyl sites for hydroxylation is 1.